The van der Waals surface area contributed by atoms with Gasteiger partial charge in [0.15, 0.2) is 0 Å². The van der Waals surface area contributed by atoms with Crippen molar-refractivity contribution in [3.63, 3.8) is 0 Å². The lowest BCUT2D eigenvalue weighted by Crippen LogP contribution is -2.19. The summed E-state index contributed by atoms with van der Waals surface area (Å²) in [5.74, 6) is 0.0217. The minimum absolute atomic E-state index is 0.0692. The van der Waals surface area contributed by atoms with Crippen molar-refractivity contribution in [2.75, 3.05) is 6.61 Å². The van der Waals surface area contributed by atoms with Gasteiger partial charge in [-0.3, -0.25) is 4.79 Å². The van der Waals surface area contributed by atoms with Crippen molar-refractivity contribution in [3.8, 4) is 0 Å². The molecule has 2 aromatic rings. The SMILES string of the molecule is CCOC(=O)c1cc2ccc(C3CCCCC3)cc2[nH]c1=O. The number of ether oxygens (including phenoxy) is 1. The molecule has 0 saturated heterocycles. The molecule has 1 aromatic heterocycles. The molecule has 4 heteroatoms. The van der Waals surface area contributed by atoms with Gasteiger partial charge in [-0.15, -0.1) is 0 Å². The van der Waals surface area contributed by atoms with E-state index in [0.717, 1.165) is 10.9 Å². The van der Waals surface area contributed by atoms with Gasteiger partial charge in [-0.2, -0.15) is 0 Å². The number of hydrogen-bond acceptors (Lipinski definition) is 3. The molecule has 22 heavy (non-hydrogen) atoms. The fourth-order valence-electron chi connectivity index (χ4n) is 3.27. The third-order valence-electron chi connectivity index (χ3n) is 4.44. The quantitative estimate of drug-likeness (QED) is 0.878. The normalized spacial score (nSPS) is 15.9. The van der Waals surface area contributed by atoms with E-state index in [1.165, 1.54) is 37.7 Å². The predicted molar refractivity (Wildman–Crippen MR) is 86.4 cm³/mol. The molecule has 0 amide bonds. The van der Waals surface area contributed by atoms with Crippen molar-refractivity contribution in [2.24, 2.45) is 0 Å². The Labute approximate surface area is 129 Å². The summed E-state index contributed by atoms with van der Waals surface area (Å²) in [5.41, 5.74) is 1.76. The van der Waals surface area contributed by atoms with Gasteiger partial charge < -0.3 is 9.72 Å². The van der Waals surface area contributed by atoms with Gasteiger partial charge in [0.2, 0.25) is 0 Å². The monoisotopic (exact) mass is 299 g/mol. The standard InChI is InChI=1S/C18H21NO3/c1-2-22-18(21)15-10-14-9-8-13(11-16(14)19-17(15)20)12-6-4-3-5-7-12/h8-12H,2-7H2,1H3,(H,19,20). The fraction of sp³-hybridized carbons (Fsp3) is 0.444. The summed E-state index contributed by atoms with van der Waals surface area (Å²) in [6.45, 7) is 1.99. The molecule has 116 valence electrons. The molecular formula is C18H21NO3. The van der Waals surface area contributed by atoms with Crippen molar-refractivity contribution in [2.45, 2.75) is 44.9 Å². The highest BCUT2D eigenvalue weighted by atomic mass is 16.5. The molecule has 3 rings (SSSR count). The third-order valence-corrected chi connectivity index (χ3v) is 4.44. The Hall–Kier alpha value is -2.10. The van der Waals surface area contributed by atoms with Crippen molar-refractivity contribution in [1.82, 2.24) is 4.98 Å². The summed E-state index contributed by atoms with van der Waals surface area (Å²) in [6.07, 6.45) is 6.32. The lowest BCUT2D eigenvalue weighted by Gasteiger charge is -2.22. The van der Waals surface area contributed by atoms with Crippen molar-refractivity contribution >= 4 is 16.9 Å². The number of pyridine rings is 1. The number of H-pyrrole nitrogens is 1. The van der Waals surface area contributed by atoms with Crippen LogP contribution >= 0.6 is 0 Å². The number of benzene rings is 1. The van der Waals surface area contributed by atoms with Crippen LogP contribution in [0.1, 0.15) is 60.9 Å². The van der Waals surface area contributed by atoms with Crippen LogP contribution < -0.4 is 5.56 Å². The van der Waals surface area contributed by atoms with E-state index >= 15 is 0 Å². The number of rotatable bonds is 3. The minimum Gasteiger partial charge on any atom is -0.462 e. The second-order valence-electron chi connectivity index (χ2n) is 5.91. The van der Waals surface area contributed by atoms with Gasteiger partial charge >= 0.3 is 5.97 Å². The van der Waals surface area contributed by atoms with Crippen LogP contribution in [0.3, 0.4) is 0 Å². The summed E-state index contributed by atoms with van der Waals surface area (Å²) in [7, 11) is 0. The van der Waals surface area contributed by atoms with Crippen LogP contribution in [0.4, 0.5) is 0 Å². The van der Waals surface area contributed by atoms with Gasteiger partial charge in [0.1, 0.15) is 5.56 Å². The summed E-state index contributed by atoms with van der Waals surface area (Å²) >= 11 is 0. The molecule has 1 aliphatic carbocycles. The smallest absolute Gasteiger partial charge is 0.343 e. The lowest BCUT2D eigenvalue weighted by molar-refractivity contribution is 0.0524. The van der Waals surface area contributed by atoms with Gasteiger partial charge in [0.25, 0.3) is 5.56 Å². The highest BCUT2D eigenvalue weighted by Crippen LogP contribution is 2.33. The van der Waals surface area contributed by atoms with E-state index in [0.29, 0.717) is 5.92 Å². The van der Waals surface area contributed by atoms with Crippen LogP contribution in [-0.4, -0.2) is 17.6 Å². The van der Waals surface area contributed by atoms with E-state index in [9.17, 15) is 9.59 Å². The van der Waals surface area contributed by atoms with E-state index in [1.54, 1.807) is 13.0 Å². The largest absolute Gasteiger partial charge is 0.462 e. The molecule has 1 aromatic carbocycles. The second-order valence-corrected chi connectivity index (χ2v) is 5.91. The maximum atomic E-state index is 12.1. The molecule has 0 aliphatic heterocycles. The molecule has 1 saturated carbocycles. The number of carbonyl (C=O) groups is 1. The summed E-state index contributed by atoms with van der Waals surface area (Å²) < 4.78 is 4.92. The molecule has 1 fully saturated rings. The Morgan fingerprint density at radius 2 is 2.00 bits per heavy atom. The van der Waals surface area contributed by atoms with Gasteiger partial charge in [-0.1, -0.05) is 31.4 Å². The number of aromatic amines is 1. The Morgan fingerprint density at radius 1 is 1.23 bits per heavy atom. The first-order valence-electron chi connectivity index (χ1n) is 8.03. The maximum absolute atomic E-state index is 12.1. The Kier molecular flexibility index (Phi) is 4.27. The van der Waals surface area contributed by atoms with E-state index in [-0.39, 0.29) is 17.7 Å². The van der Waals surface area contributed by atoms with Gasteiger partial charge in [-0.05, 0) is 48.8 Å². The number of esters is 1. The van der Waals surface area contributed by atoms with Gasteiger partial charge in [-0.25, -0.2) is 4.79 Å². The topological polar surface area (TPSA) is 59.2 Å². The number of hydrogen-bond donors (Lipinski definition) is 1. The molecule has 0 atom stereocenters. The van der Waals surface area contributed by atoms with Crippen LogP contribution in [0.25, 0.3) is 10.9 Å². The molecule has 0 radical (unpaired) electrons. The lowest BCUT2D eigenvalue weighted by atomic mass is 9.84. The zero-order chi connectivity index (χ0) is 15.5. The zero-order valence-electron chi connectivity index (χ0n) is 12.9. The fourth-order valence-corrected chi connectivity index (χ4v) is 3.27. The number of aromatic nitrogens is 1. The Bertz CT molecular complexity index is 742. The van der Waals surface area contributed by atoms with Crippen LogP contribution in [-0.2, 0) is 4.74 Å². The minimum atomic E-state index is -0.568. The molecule has 1 aliphatic rings. The van der Waals surface area contributed by atoms with Crippen molar-refractivity contribution in [1.29, 1.82) is 0 Å². The highest BCUT2D eigenvalue weighted by Gasteiger charge is 2.17. The van der Waals surface area contributed by atoms with Gasteiger partial charge in [0, 0.05) is 5.52 Å². The summed E-state index contributed by atoms with van der Waals surface area (Å²) in [6, 6.07) is 7.78. The number of fused-ring (bicyclic) bond motifs is 1. The molecule has 0 unspecified atom stereocenters. The van der Waals surface area contributed by atoms with Crippen LogP contribution in [0.15, 0.2) is 29.1 Å². The molecule has 0 bridgehead atoms. The zero-order valence-corrected chi connectivity index (χ0v) is 12.9. The molecular weight excluding hydrogens is 278 g/mol. The average Bonchev–Trinajstić information content (AvgIpc) is 2.54. The highest BCUT2D eigenvalue weighted by molar-refractivity contribution is 5.93. The first kappa shape index (κ1) is 14.8. The van der Waals surface area contributed by atoms with Crippen molar-refractivity contribution in [3.05, 3.63) is 45.7 Å². The first-order chi connectivity index (χ1) is 10.7. The molecule has 0 spiro atoms. The average molecular weight is 299 g/mol. The van der Waals surface area contributed by atoms with Gasteiger partial charge in [0.05, 0.1) is 6.61 Å². The number of carbonyl (C=O) groups excluding carboxylic acids is 1. The summed E-state index contributed by atoms with van der Waals surface area (Å²) in [4.78, 5) is 26.7. The molecule has 4 nitrogen and oxygen atoms in total. The van der Waals surface area contributed by atoms with Crippen LogP contribution in [0.2, 0.25) is 0 Å². The van der Waals surface area contributed by atoms with Crippen LogP contribution in [0, 0.1) is 0 Å². The van der Waals surface area contributed by atoms with Crippen LogP contribution in [0.5, 0.6) is 0 Å². The van der Waals surface area contributed by atoms with E-state index < -0.39 is 5.97 Å². The third kappa shape index (κ3) is 2.91. The number of nitrogens with one attached hydrogen (secondary N) is 1. The van der Waals surface area contributed by atoms with Crippen molar-refractivity contribution < 1.29 is 9.53 Å². The first-order valence-corrected chi connectivity index (χ1v) is 8.03. The molecule has 1 heterocycles. The maximum Gasteiger partial charge on any atom is 0.343 e. The Morgan fingerprint density at radius 3 is 2.73 bits per heavy atom. The second kappa shape index (κ2) is 6.34. The van der Waals surface area contributed by atoms with E-state index in [4.69, 9.17) is 4.74 Å². The Balaban J connectivity index is 1.98. The van der Waals surface area contributed by atoms with E-state index in [2.05, 4.69) is 17.1 Å². The summed E-state index contributed by atoms with van der Waals surface area (Å²) in [5, 5.41) is 0.863. The van der Waals surface area contributed by atoms with E-state index in [1.807, 2.05) is 6.07 Å². The predicted octanol–water partition coefficient (Wildman–Crippen LogP) is 3.75. The molecule has 1 N–H and O–H groups in total.